The van der Waals surface area contributed by atoms with E-state index in [1.54, 1.807) is 11.3 Å². The molecule has 1 saturated heterocycles. The molecule has 2 atom stereocenters. The number of amides is 1. The maximum absolute atomic E-state index is 12.2. The van der Waals surface area contributed by atoms with Crippen LogP contribution < -0.4 is 10.6 Å². The van der Waals surface area contributed by atoms with Crippen molar-refractivity contribution in [3.63, 3.8) is 0 Å². The zero-order chi connectivity index (χ0) is 16.4. The fourth-order valence-corrected chi connectivity index (χ4v) is 3.82. The summed E-state index contributed by atoms with van der Waals surface area (Å²) in [6.07, 6.45) is 0.908. The van der Waals surface area contributed by atoms with E-state index in [9.17, 15) is 4.79 Å². The highest BCUT2D eigenvalue weighted by molar-refractivity contribution is 7.12. The van der Waals surface area contributed by atoms with E-state index in [0.29, 0.717) is 5.02 Å². The lowest BCUT2D eigenvalue weighted by atomic mass is 10.1. The van der Waals surface area contributed by atoms with E-state index in [1.807, 2.05) is 31.2 Å². The number of benzene rings is 1. The average Bonchev–Trinajstić information content (AvgIpc) is 3.17. The number of aromatic nitrogens is 1. The van der Waals surface area contributed by atoms with Gasteiger partial charge in [-0.25, -0.2) is 4.98 Å². The van der Waals surface area contributed by atoms with Crippen LogP contribution in [0.4, 0.5) is 0 Å². The molecule has 1 fully saturated rings. The highest BCUT2D eigenvalue weighted by atomic mass is 35.5. The number of aryl methyl sites for hydroxylation is 1. The van der Waals surface area contributed by atoms with Gasteiger partial charge in [0.2, 0.25) is 5.91 Å². The van der Waals surface area contributed by atoms with Gasteiger partial charge in [-0.3, -0.25) is 4.79 Å². The lowest BCUT2D eigenvalue weighted by molar-refractivity contribution is -0.125. The highest BCUT2D eigenvalue weighted by Crippen LogP contribution is 2.31. The first-order chi connectivity index (χ1) is 11.0. The van der Waals surface area contributed by atoms with Crippen LogP contribution in [0.1, 0.15) is 29.3 Å². The molecule has 0 aliphatic carbocycles. The number of hydrogen-bond donors (Lipinski definition) is 2. The number of carbonyl (C=O) groups excluding carboxylic acids is 1. The fourth-order valence-electron chi connectivity index (χ4n) is 2.75. The van der Waals surface area contributed by atoms with Crippen molar-refractivity contribution in [1.29, 1.82) is 0 Å². The molecule has 23 heavy (non-hydrogen) atoms. The van der Waals surface area contributed by atoms with Crippen LogP contribution in [0.2, 0.25) is 5.02 Å². The number of nitrogens with zero attached hydrogens (tertiary/aromatic N) is 1. The maximum Gasteiger partial charge on any atom is 0.224 e. The van der Waals surface area contributed by atoms with E-state index in [0.717, 1.165) is 40.7 Å². The third-order valence-electron chi connectivity index (χ3n) is 4.09. The van der Waals surface area contributed by atoms with Crippen molar-refractivity contribution in [2.45, 2.75) is 26.3 Å². The first kappa shape index (κ1) is 16.4. The minimum Gasteiger partial charge on any atom is -0.347 e. The molecular formula is C17H20ClN3OS. The van der Waals surface area contributed by atoms with E-state index >= 15 is 0 Å². The molecule has 1 aliphatic heterocycles. The largest absolute Gasteiger partial charge is 0.347 e. The molecule has 0 radical (unpaired) electrons. The minimum absolute atomic E-state index is 0.0761. The Kier molecular flexibility index (Phi) is 4.99. The molecule has 3 rings (SSSR count). The van der Waals surface area contributed by atoms with Gasteiger partial charge in [-0.15, -0.1) is 11.3 Å². The molecule has 1 aromatic heterocycles. The van der Waals surface area contributed by atoms with Gasteiger partial charge in [0.15, 0.2) is 0 Å². The first-order valence-corrected chi connectivity index (χ1v) is 8.98. The Morgan fingerprint density at radius 1 is 1.43 bits per heavy atom. The monoisotopic (exact) mass is 349 g/mol. The molecule has 2 aromatic rings. The highest BCUT2D eigenvalue weighted by Gasteiger charge is 2.25. The molecule has 0 saturated carbocycles. The van der Waals surface area contributed by atoms with Gasteiger partial charge in [0.25, 0.3) is 0 Å². The summed E-state index contributed by atoms with van der Waals surface area (Å²) in [7, 11) is 0. The second-order valence-corrected chi connectivity index (χ2v) is 7.55. The predicted molar refractivity (Wildman–Crippen MR) is 94.8 cm³/mol. The Hall–Kier alpha value is -1.43. The van der Waals surface area contributed by atoms with Gasteiger partial charge in [-0.2, -0.15) is 0 Å². The van der Waals surface area contributed by atoms with E-state index in [1.165, 1.54) is 0 Å². The quantitative estimate of drug-likeness (QED) is 0.887. The summed E-state index contributed by atoms with van der Waals surface area (Å²) in [6, 6.07) is 7.61. The SMILES string of the molecule is Cc1sc([C@H](C)NC(=O)[C@@H]2CCNC2)nc1-c1ccc(Cl)cc1. The Labute approximate surface area is 145 Å². The number of rotatable bonds is 4. The van der Waals surface area contributed by atoms with Crippen LogP contribution in [0, 0.1) is 12.8 Å². The Bertz CT molecular complexity index is 692. The van der Waals surface area contributed by atoms with Crippen molar-refractivity contribution in [3.8, 4) is 11.3 Å². The fraction of sp³-hybridized carbons (Fsp3) is 0.412. The Morgan fingerprint density at radius 3 is 2.83 bits per heavy atom. The van der Waals surface area contributed by atoms with Crippen molar-refractivity contribution in [3.05, 3.63) is 39.2 Å². The van der Waals surface area contributed by atoms with Gasteiger partial charge in [0, 0.05) is 22.0 Å². The number of carbonyl (C=O) groups is 1. The molecule has 1 aliphatic rings. The van der Waals surface area contributed by atoms with Gasteiger partial charge < -0.3 is 10.6 Å². The van der Waals surface area contributed by atoms with E-state index < -0.39 is 0 Å². The van der Waals surface area contributed by atoms with E-state index in [-0.39, 0.29) is 17.9 Å². The van der Waals surface area contributed by atoms with Crippen LogP contribution in [0.25, 0.3) is 11.3 Å². The summed E-state index contributed by atoms with van der Waals surface area (Å²) in [4.78, 5) is 18.1. The van der Waals surface area contributed by atoms with E-state index in [2.05, 4.69) is 17.6 Å². The number of hydrogen-bond acceptors (Lipinski definition) is 4. The maximum atomic E-state index is 12.2. The van der Waals surface area contributed by atoms with Crippen LogP contribution in [-0.2, 0) is 4.79 Å². The standard InChI is InChI=1S/C17H20ClN3OS/c1-10(20-16(22)13-7-8-19-9-13)17-21-15(11(2)23-17)12-3-5-14(18)6-4-12/h3-6,10,13,19H,7-9H2,1-2H3,(H,20,22)/t10-,13+/m0/s1. The molecule has 0 spiro atoms. The molecule has 0 unspecified atom stereocenters. The molecule has 122 valence electrons. The minimum atomic E-state index is -0.0761. The normalized spacial score (nSPS) is 18.8. The topological polar surface area (TPSA) is 54.0 Å². The zero-order valence-corrected chi connectivity index (χ0v) is 14.8. The number of halogens is 1. The van der Waals surface area contributed by atoms with Crippen LogP contribution in [0.5, 0.6) is 0 Å². The van der Waals surface area contributed by atoms with Gasteiger partial charge >= 0.3 is 0 Å². The molecule has 1 aromatic carbocycles. The second-order valence-electron chi connectivity index (χ2n) is 5.88. The van der Waals surface area contributed by atoms with Crippen molar-refractivity contribution >= 4 is 28.8 Å². The summed E-state index contributed by atoms with van der Waals surface area (Å²) in [6.45, 7) is 5.74. The summed E-state index contributed by atoms with van der Waals surface area (Å²) in [5.41, 5.74) is 2.01. The smallest absolute Gasteiger partial charge is 0.224 e. The third kappa shape index (κ3) is 3.74. The third-order valence-corrected chi connectivity index (χ3v) is 5.50. The van der Waals surface area contributed by atoms with Crippen LogP contribution >= 0.6 is 22.9 Å². The number of thiazole rings is 1. The molecule has 0 bridgehead atoms. The molecule has 6 heteroatoms. The molecular weight excluding hydrogens is 330 g/mol. The van der Waals surface area contributed by atoms with Gasteiger partial charge in [-0.1, -0.05) is 23.7 Å². The predicted octanol–water partition coefficient (Wildman–Crippen LogP) is 3.56. The van der Waals surface area contributed by atoms with Crippen LogP contribution in [-0.4, -0.2) is 24.0 Å². The Morgan fingerprint density at radius 2 is 2.17 bits per heavy atom. The van der Waals surface area contributed by atoms with Crippen molar-refractivity contribution in [2.24, 2.45) is 5.92 Å². The van der Waals surface area contributed by atoms with Gasteiger partial charge in [0.1, 0.15) is 5.01 Å². The molecule has 2 N–H and O–H groups in total. The van der Waals surface area contributed by atoms with Gasteiger partial charge in [-0.05, 0) is 38.9 Å². The van der Waals surface area contributed by atoms with Crippen molar-refractivity contribution in [1.82, 2.24) is 15.6 Å². The summed E-state index contributed by atoms with van der Waals surface area (Å²) >= 11 is 7.58. The zero-order valence-electron chi connectivity index (χ0n) is 13.2. The van der Waals surface area contributed by atoms with Crippen molar-refractivity contribution in [2.75, 3.05) is 13.1 Å². The lowest BCUT2D eigenvalue weighted by Crippen LogP contribution is -2.33. The summed E-state index contributed by atoms with van der Waals surface area (Å²) < 4.78 is 0. The lowest BCUT2D eigenvalue weighted by Gasteiger charge is -2.14. The molecule has 2 heterocycles. The first-order valence-electron chi connectivity index (χ1n) is 7.79. The summed E-state index contributed by atoms with van der Waals surface area (Å²) in [5.74, 6) is 0.192. The summed E-state index contributed by atoms with van der Waals surface area (Å²) in [5, 5.41) is 7.96. The van der Waals surface area contributed by atoms with Crippen LogP contribution in [0.15, 0.2) is 24.3 Å². The van der Waals surface area contributed by atoms with Crippen molar-refractivity contribution < 1.29 is 4.79 Å². The van der Waals surface area contributed by atoms with E-state index in [4.69, 9.17) is 16.6 Å². The molecule has 4 nitrogen and oxygen atoms in total. The molecule has 1 amide bonds. The number of nitrogens with one attached hydrogen (secondary N) is 2. The second kappa shape index (κ2) is 6.99. The average molecular weight is 350 g/mol. The Balaban J connectivity index is 1.74. The van der Waals surface area contributed by atoms with Crippen LogP contribution in [0.3, 0.4) is 0 Å². The van der Waals surface area contributed by atoms with Gasteiger partial charge in [0.05, 0.1) is 17.7 Å².